The highest BCUT2D eigenvalue weighted by Gasteiger charge is 1.95. The zero-order valence-electron chi connectivity index (χ0n) is 7.67. The number of nitrogens with one attached hydrogen (secondary N) is 2. The lowest BCUT2D eigenvalue weighted by Crippen LogP contribution is -2.29. The quantitative estimate of drug-likeness (QED) is 0.708. The average Bonchev–Trinajstić information content (AvgIpc) is 2.16. The van der Waals surface area contributed by atoms with Crippen molar-refractivity contribution < 1.29 is 0 Å². The van der Waals surface area contributed by atoms with Crippen molar-refractivity contribution in [2.75, 3.05) is 18.9 Å². The molecular formula is C10H16N2. The van der Waals surface area contributed by atoms with Crippen molar-refractivity contribution in [1.29, 1.82) is 0 Å². The van der Waals surface area contributed by atoms with Crippen molar-refractivity contribution in [2.24, 2.45) is 0 Å². The SMILES string of the molecule is CNC(C)CNc1ccccc1. The molecular weight excluding hydrogens is 148 g/mol. The molecule has 1 atom stereocenters. The van der Waals surface area contributed by atoms with E-state index in [9.17, 15) is 0 Å². The second-order valence-corrected chi connectivity index (χ2v) is 2.94. The second kappa shape index (κ2) is 4.78. The summed E-state index contributed by atoms with van der Waals surface area (Å²) < 4.78 is 0. The van der Waals surface area contributed by atoms with E-state index < -0.39 is 0 Å². The van der Waals surface area contributed by atoms with Gasteiger partial charge >= 0.3 is 0 Å². The monoisotopic (exact) mass is 164 g/mol. The molecule has 0 radical (unpaired) electrons. The number of anilines is 1. The smallest absolute Gasteiger partial charge is 0.0340 e. The van der Waals surface area contributed by atoms with E-state index in [0.29, 0.717) is 6.04 Å². The molecule has 0 saturated carbocycles. The van der Waals surface area contributed by atoms with Gasteiger partial charge in [-0.25, -0.2) is 0 Å². The van der Waals surface area contributed by atoms with Gasteiger partial charge in [-0.3, -0.25) is 0 Å². The van der Waals surface area contributed by atoms with E-state index in [4.69, 9.17) is 0 Å². The summed E-state index contributed by atoms with van der Waals surface area (Å²) in [5, 5.41) is 6.51. The van der Waals surface area contributed by atoms with Crippen LogP contribution in [0.25, 0.3) is 0 Å². The molecule has 2 heteroatoms. The Balaban J connectivity index is 2.33. The van der Waals surface area contributed by atoms with Gasteiger partial charge in [0, 0.05) is 18.3 Å². The summed E-state index contributed by atoms with van der Waals surface area (Å²) >= 11 is 0. The highest BCUT2D eigenvalue weighted by molar-refractivity contribution is 5.42. The van der Waals surface area contributed by atoms with Crippen LogP contribution in [0.5, 0.6) is 0 Å². The van der Waals surface area contributed by atoms with Gasteiger partial charge in [0.25, 0.3) is 0 Å². The molecule has 2 N–H and O–H groups in total. The zero-order valence-corrected chi connectivity index (χ0v) is 7.67. The van der Waals surface area contributed by atoms with E-state index in [1.807, 2.05) is 25.2 Å². The van der Waals surface area contributed by atoms with Gasteiger partial charge < -0.3 is 10.6 Å². The van der Waals surface area contributed by atoms with Crippen LogP contribution in [0.2, 0.25) is 0 Å². The first-order valence-corrected chi connectivity index (χ1v) is 4.29. The van der Waals surface area contributed by atoms with Crippen LogP contribution < -0.4 is 10.6 Å². The summed E-state index contributed by atoms with van der Waals surface area (Å²) in [6, 6.07) is 10.7. The Labute approximate surface area is 74.0 Å². The first kappa shape index (κ1) is 9.07. The lowest BCUT2D eigenvalue weighted by molar-refractivity contribution is 0.638. The second-order valence-electron chi connectivity index (χ2n) is 2.94. The maximum absolute atomic E-state index is 3.33. The minimum atomic E-state index is 0.505. The van der Waals surface area contributed by atoms with E-state index in [1.165, 1.54) is 5.69 Å². The number of para-hydroxylation sites is 1. The molecule has 0 spiro atoms. The van der Waals surface area contributed by atoms with Crippen molar-refractivity contribution in [2.45, 2.75) is 13.0 Å². The Morgan fingerprint density at radius 2 is 1.92 bits per heavy atom. The molecule has 0 fully saturated rings. The zero-order chi connectivity index (χ0) is 8.81. The maximum atomic E-state index is 3.33. The van der Waals surface area contributed by atoms with Crippen LogP contribution in [0.15, 0.2) is 30.3 Å². The first-order chi connectivity index (χ1) is 5.83. The maximum Gasteiger partial charge on any atom is 0.0340 e. The molecule has 1 aromatic rings. The van der Waals surface area contributed by atoms with Crippen LogP contribution in [0.1, 0.15) is 6.92 Å². The van der Waals surface area contributed by atoms with Crippen LogP contribution in [0.3, 0.4) is 0 Å². The van der Waals surface area contributed by atoms with E-state index in [2.05, 4.69) is 29.7 Å². The van der Waals surface area contributed by atoms with Gasteiger partial charge in [0.2, 0.25) is 0 Å². The van der Waals surface area contributed by atoms with Crippen molar-refractivity contribution in [3.63, 3.8) is 0 Å². The third-order valence-electron chi connectivity index (χ3n) is 1.88. The van der Waals surface area contributed by atoms with E-state index in [-0.39, 0.29) is 0 Å². The van der Waals surface area contributed by atoms with E-state index >= 15 is 0 Å². The normalized spacial score (nSPS) is 12.5. The minimum Gasteiger partial charge on any atom is -0.383 e. The largest absolute Gasteiger partial charge is 0.383 e. The predicted molar refractivity (Wildman–Crippen MR) is 53.5 cm³/mol. The highest BCUT2D eigenvalue weighted by Crippen LogP contribution is 2.04. The third kappa shape index (κ3) is 2.93. The van der Waals surface area contributed by atoms with Crippen LogP contribution in [0.4, 0.5) is 5.69 Å². The molecule has 1 unspecified atom stereocenters. The van der Waals surface area contributed by atoms with Crippen molar-refractivity contribution in [1.82, 2.24) is 5.32 Å². The standard InChI is InChI=1S/C10H16N2/c1-9(11-2)8-12-10-6-4-3-5-7-10/h3-7,9,11-12H,8H2,1-2H3. The number of benzene rings is 1. The average molecular weight is 164 g/mol. The lowest BCUT2D eigenvalue weighted by Gasteiger charge is -2.11. The molecule has 12 heavy (non-hydrogen) atoms. The van der Waals surface area contributed by atoms with Crippen LogP contribution in [0, 0.1) is 0 Å². The molecule has 0 aliphatic heterocycles. The Hall–Kier alpha value is -1.02. The summed E-state index contributed by atoms with van der Waals surface area (Å²) in [6.45, 7) is 3.11. The number of likely N-dealkylation sites (N-methyl/N-ethyl adjacent to an activating group) is 1. The molecule has 0 aliphatic carbocycles. The van der Waals surface area contributed by atoms with Gasteiger partial charge in [0.15, 0.2) is 0 Å². The third-order valence-corrected chi connectivity index (χ3v) is 1.88. The molecule has 66 valence electrons. The molecule has 0 heterocycles. The van der Waals surface area contributed by atoms with Crippen molar-refractivity contribution >= 4 is 5.69 Å². The molecule has 0 bridgehead atoms. The fourth-order valence-electron chi connectivity index (χ4n) is 0.929. The molecule has 0 saturated heterocycles. The summed E-state index contributed by atoms with van der Waals surface area (Å²) in [5.41, 5.74) is 1.18. The minimum absolute atomic E-state index is 0.505. The van der Waals surface area contributed by atoms with Crippen molar-refractivity contribution in [3.05, 3.63) is 30.3 Å². The molecule has 1 aromatic carbocycles. The van der Waals surface area contributed by atoms with Gasteiger partial charge in [-0.1, -0.05) is 18.2 Å². The van der Waals surface area contributed by atoms with Gasteiger partial charge in [-0.2, -0.15) is 0 Å². The summed E-state index contributed by atoms with van der Waals surface area (Å²) in [7, 11) is 1.97. The first-order valence-electron chi connectivity index (χ1n) is 4.29. The number of rotatable bonds is 4. The Morgan fingerprint density at radius 3 is 2.50 bits per heavy atom. The van der Waals surface area contributed by atoms with Crippen LogP contribution >= 0.6 is 0 Å². The van der Waals surface area contributed by atoms with E-state index in [1.54, 1.807) is 0 Å². The molecule has 1 rings (SSSR count). The Bertz CT molecular complexity index is 208. The lowest BCUT2D eigenvalue weighted by atomic mass is 10.3. The molecule has 0 aliphatic rings. The van der Waals surface area contributed by atoms with Crippen LogP contribution in [-0.4, -0.2) is 19.6 Å². The van der Waals surface area contributed by atoms with Crippen molar-refractivity contribution in [3.8, 4) is 0 Å². The summed E-state index contributed by atoms with van der Waals surface area (Å²) in [6.07, 6.45) is 0. The molecule has 0 aromatic heterocycles. The highest BCUT2D eigenvalue weighted by atomic mass is 15.0. The van der Waals surface area contributed by atoms with Gasteiger partial charge in [0.1, 0.15) is 0 Å². The topological polar surface area (TPSA) is 24.1 Å². The molecule has 2 nitrogen and oxygen atoms in total. The van der Waals surface area contributed by atoms with E-state index in [0.717, 1.165) is 6.54 Å². The van der Waals surface area contributed by atoms with Gasteiger partial charge in [-0.15, -0.1) is 0 Å². The molecule has 0 amide bonds. The fraction of sp³-hybridized carbons (Fsp3) is 0.400. The summed E-state index contributed by atoms with van der Waals surface area (Å²) in [5.74, 6) is 0. The Kier molecular flexibility index (Phi) is 3.61. The summed E-state index contributed by atoms with van der Waals surface area (Å²) in [4.78, 5) is 0. The Morgan fingerprint density at radius 1 is 1.25 bits per heavy atom. The fourth-order valence-corrected chi connectivity index (χ4v) is 0.929. The van der Waals surface area contributed by atoms with Crippen LogP contribution in [-0.2, 0) is 0 Å². The van der Waals surface area contributed by atoms with Gasteiger partial charge in [-0.05, 0) is 26.1 Å². The number of hydrogen-bond acceptors (Lipinski definition) is 2. The predicted octanol–water partition coefficient (Wildman–Crippen LogP) is 1.71. The number of hydrogen-bond donors (Lipinski definition) is 2. The van der Waals surface area contributed by atoms with Gasteiger partial charge in [0.05, 0.1) is 0 Å².